The van der Waals surface area contributed by atoms with Crippen molar-refractivity contribution in [3.05, 3.63) is 34.9 Å². The second-order valence-corrected chi connectivity index (χ2v) is 3.63. The van der Waals surface area contributed by atoms with Crippen molar-refractivity contribution in [3.8, 4) is 0 Å². The number of amides is 1. The van der Waals surface area contributed by atoms with Crippen LogP contribution < -0.4 is 5.32 Å². The van der Waals surface area contributed by atoms with E-state index in [1.807, 2.05) is 6.92 Å². The number of carbonyl (C=O) groups excluding carboxylic acids is 1. The molecule has 0 atom stereocenters. The third kappa shape index (κ3) is 3.07. The molecule has 6 nitrogen and oxygen atoms in total. The van der Waals surface area contributed by atoms with E-state index in [0.29, 0.717) is 6.54 Å². The Kier molecular flexibility index (Phi) is 4.42. The van der Waals surface area contributed by atoms with Gasteiger partial charge in [0.05, 0.1) is 11.1 Å². The van der Waals surface area contributed by atoms with E-state index in [9.17, 15) is 14.4 Å². The van der Waals surface area contributed by atoms with Gasteiger partial charge in [-0.2, -0.15) is 0 Å². The van der Waals surface area contributed by atoms with Crippen LogP contribution in [0.4, 0.5) is 0 Å². The van der Waals surface area contributed by atoms with Crippen LogP contribution in [0.25, 0.3) is 0 Å². The minimum absolute atomic E-state index is 0.130. The van der Waals surface area contributed by atoms with Gasteiger partial charge in [0.15, 0.2) is 0 Å². The fourth-order valence-electron chi connectivity index (χ4n) is 1.39. The topological polar surface area (TPSA) is 104 Å². The van der Waals surface area contributed by atoms with E-state index in [2.05, 4.69) is 5.32 Å². The van der Waals surface area contributed by atoms with Gasteiger partial charge in [-0.15, -0.1) is 0 Å². The molecular formula is C12H13NO5. The summed E-state index contributed by atoms with van der Waals surface area (Å²) in [4.78, 5) is 33.3. The van der Waals surface area contributed by atoms with E-state index < -0.39 is 23.4 Å². The maximum absolute atomic E-state index is 11.6. The lowest BCUT2D eigenvalue weighted by Gasteiger charge is -2.06. The molecule has 0 fully saturated rings. The van der Waals surface area contributed by atoms with E-state index >= 15 is 0 Å². The Balaban J connectivity index is 3.11. The molecule has 0 aliphatic rings. The van der Waals surface area contributed by atoms with Crippen molar-refractivity contribution in [1.29, 1.82) is 0 Å². The van der Waals surface area contributed by atoms with Gasteiger partial charge in [0.1, 0.15) is 0 Å². The highest BCUT2D eigenvalue weighted by atomic mass is 16.4. The maximum Gasteiger partial charge on any atom is 0.336 e. The van der Waals surface area contributed by atoms with Gasteiger partial charge in [-0.05, 0) is 24.6 Å². The van der Waals surface area contributed by atoms with Crippen LogP contribution in [0.1, 0.15) is 44.4 Å². The van der Waals surface area contributed by atoms with Crippen LogP contribution in [0.15, 0.2) is 18.2 Å². The molecule has 96 valence electrons. The van der Waals surface area contributed by atoms with Crippen molar-refractivity contribution in [2.45, 2.75) is 13.3 Å². The molecule has 0 aromatic heterocycles. The minimum atomic E-state index is -1.38. The van der Waals surface area contributed by atoms with Gasteiger partial charge in [0.2, 0.25) is 0 Å². The average molecular weight is 251 g/mol. The zero-order valence-electron chi connectivity index (χ0n) is 9.77. The van der Waals surface area contributed by atoms with Gasteiger partial charge in [0, 0.05) is 12.1 Å². The van der Waals surface area contributed by atoms with Crippen LogP contribution >= 0.6 is 0 Å². The Morgan fingerprint density at radius 1 is 1.11 bits per heavy atom. The lowest BCUT2D eigenvalue weighted by atomic mass is 10.0. The fourth-order valence-corrected chi connectivity index (χ4v) is 1.39. The molecule has 0 heterocycles. The van der Waals surface area contributed by atoms with Crippen molar-refractivity contribution in [2.75, 3.05) is 6.54 Å². The van der Waals surface area contributed by atoms with Gasteiger partial charge >= 0.3 is 11.9 Å². The largest absolute Gasteiger partial charge is 0.478 e. The molecule has 1 aromatic carbocycles. The van der Waals surface area contributed by atoms with Gasteiger partial charge in [-0.3, -0.25) is 4.79 Å². The van der Waals surface area contributed by atoms with Crippen molar-refractivity contribution < 1.29 is 24.6 Å². The smallest absolute Gasteiger partial charge is 0.336 e. The summed E-state index contributed by atoms with van der Waals surface area (Å²) < 4.78 is 0. The van der Waals surface area contributed by atoms with Gasteiger partial charge in [-0.1, -0.05) is 6.92 Å². The first-order chi connectivity index (χ1) is 8.47. The maximum atomic E-state index is 11.6. The first-order valence-electron chi connectivity index (χ1n) is 5.36. The lowest BCUT2D eigenvalue weighted by Crippen LogP contribution is -2.24. The Bertz CT molecular complexity index is 495. The average Bonchev–Trinajstić information content (AvgIpc) is 2.34. The molecule has 0 aliphatic heterocycles. The first kappa shape index (κ1) is 13.7. The Hall–Kier alpha value is -2.37. The third-order valence-electron chi connectivity index (χ3n) is 2.28. The molecule has 0 saturated carbocycles. The Morgan fingerprint density at radius 2 is 1.72 bits per heavy atom. The highest BCUT2D eigenvalue weighted by molar-refractivity contribution is 6.04. The highest BCUT2D eigenvalue weighted by Gasteiger charge is 2.18. The summed E-state index contributed by atoms with van der Waals surface area (Å²) in [5.41, 5.74) is -0.605. The van der Waals surface area contributed by atoms with Gasteiger partial charge in [0.25, 0.3) is 5.91 Å². The number of aromatic carboxylic acids is 2. The van der Waals surface area contributed by atoms with E-state index in [1.54, 1.807) is 0 Å². The molecule has 1 rings (SSSR count). The first-order valence-corrected chi connectivity index (χ1v) is 5.36. The SMILES string of the molecule is CCCNC(=O)c1ccc(C(=O)O)c(C(=O)O)c1. The van der Waals surface area contributed by atoms with E-state index in [4.69, 9.17) is 10.2 Å². The summed E-state index contributed by atoms with van der Waals surface area (Å²) in [6.07, 6.45) is 0.755. The fraction of sp³-hybridized carbons (Fsp3) is 0.250. The van der Waals surface area contributed by atoms with Gasteiger partial charge in [-0.25, -0.2) is 9.59 Å². The number of nitrogens with one attached hydrogen (secondary N) is 1. The molecule has 0 saturated heterocycles. The van der Waals surface area contributed by atoms with E-state index in [-0.39, 0.29) is 11.1 Å². The zero-order chi connectivity index (χ0) is 13.7. The second-order valence-electron chi connectivity index (χ2n) is 3.63. The molecule has 6 heteroatoms. The molecule has 0 unspecified atom stereocenters. The van der Waals surface area contributed by atoms with Crippen LogP contribution in [-0.2, 0) is 0 Å². The lowest BCUT2D eigenvalue weighted by molar-refractivity contribution is 0.0651. The number of hydrogen-bond donors (Lipinski definition) is 3. The predicted molar refractivity (Wildman–Crippen MR) is 63.0 cm³/mol. The number of rotatable bonds is 5. The highest BCUT2D eigenvalue weighted by Crippen LogP contribution is 2.12. The van der Waals surface area contributed by atoms with Gasteiger partial charge < -0.3 is 15.5 Å². The number of carboxylic acids is 2. The third-order valence-corrected chi connectivity index (χ3v) is 2.28. The van der Waals surface area contributed by atoms with E-state index in [0.717, 1.165) is 18.6 Å². The monoisotopic (exact) mass is 251 g/mol. The van der Waals surface area contributed by atoms with E-state index in [1.165, 1.54) is 6.07 Å². The quantitative estimate of drug-likeness (QED) is 0.730. The molecule has 18 heavy (non-hydrogen) atoms. The molecule has 1 amide bonds. The minimum Gasteiger partial charge on any atom is -0.478 e. The van der Waals surface area contributed by atoms with Crippen LogP contribution in [0, 0.1) is 0 Å². The summed E-state index contributed by atoms with van der Waals surface area (Å²) in [5.74, 6) is -3.14. The molecule has 0 aliphatic carbocycles. The molecule has 0 spiro atoms. The molecule has 3 N–H and O–H groups in total. The van der Waals surface area contributed by atoms with Crippen molar-refractivity contribution in [1.82, 2.24) is 5.32 Å². The molecular weight excluding hydrogens is 238 g/mol. The van der Waals surface area contributed by atoms with Crippen LogP contribution in [0.5, 0.6) is 0 Å². The number of carbonyl (C=O) groups is 3. The summed E-state index contributed by atoms with van der Waals surface area (Å²) in [6, 6.07) is 3.48. The predicted octanol–water partition coefficient (Wildman–Crippen LogP) is 1.22. The normalized spacial score (nSPS) is 9.83. The van der Waals surface area contributed by atoms with Crippen molar-refractivity contribution >= 4 is 17.8 Å². The van der Waals surface area contributed by atoms with Crippen LogP contribution in [0.2, 0.25) is 0 Å². The second kappa shape index (κ2) is 5.81. The molecule has 0 radical (unpaired) electrons. The summed E-state index contributed by atoms with van der Waals surface area (Å²) in [5, 5.41) is 20.3. The van der Waals surface area contributed by atoms with Crippen molar-refractivity contribution in [3.63, 3.8) is 0 Å². The number of carboxylic acid groups (broad SMARTS) is 2. The van der Waals surface area contributed by atoms with Crippen LogP contribution in [-0.4, -0.2) is 34.6 Å². The Morgan fingerprint density at radius 3 is 2.22 bits per heavy atom. The molecule has 0 bridgehead atoms. The zero-order valence-corrected chi connectivity index (χ0v) is 9.77. The van der Waals surface area contributed by atoms with Crippen molar-refractivity contribution in [2.24, 2.45) is 0 Å². The number of hydrogen-bond acceptors (Lipinski definition) is 3. The summed E-state index contributed by atoms with van der Waals surface area (Å²) in [6.45, 7) is 2.36. The number of benzene rings is 1. The Labute approximate surface area is 103 Å². The summed E-state index contributed by atoms with van der Waals surface area (Å²) >= 11 is 0. The summed E-state index contributed by atoms with van der Waals surface area (Å²) in [7, 11) is 0. The van der Waals surface area contributed by atoms with Crippen LogP contribution in [0.3, 0.4) is 0 Å². The molecule has 1 aromatic rings. The standard InChI is InChI=1S/C12H13NO5/c1-2-5-13-10(14)7-3-4-8(11(15)16)9(6-7)12(17)18/h3-4,6H,2,5H2,1H3,(H,13,14)(H,15,16)(H,17,18).